The molecule has 1 rings (SSSR count). The van der Waals surface area contributed by atoms with Gasteiger partial charge in [-0.25, -0.2) is 13.1 Å². The van der Waals surface area contributed by atoms with Crippen molar-refractivity contribution in [2.75, 3.05) is 18.9 Å². The maximum absolute atomic E-state index is 11.8. The number of hydrogen-bond donors (Lipinski definition) is 2. The number of hydrogen-bond acceptors (Lipinski definition) is 5. The number of benzene rings is 1. The molecular weight excluding hydrogens is 246 g/mol. The summed E-state index contributed by atoms with van der Waals surface area (Å²) in [6.07, 6.45) is 0. The molecule has 0 fully saturated rings. The fourth-order valence-electron chi connectivity index (χ4n) is 1.30. The van der Waals surface area contributed by atoms with Crippen LogP contribution in [-0.4, -0.2) is 26.9 Å². The highest BCUT2D eigenvalue weighted by Crippen LogP contribution is 2.26. The molecule has 0 aliphatic heterocycles. The fourth-order valence-corrected chi connectivity index (χ4v) is 2.54. The lowest BCUT2D eigenvalue weighted by molar-refractivity contribution is -0.387. The third-order valence-electron chi connectivity index (χ3n) is 2.07. The third kappa shape index (κ3) is 2.92. The van der Waals surface area contributed by atoms with E-state index in [-0.39, 0.29) is 11.4 Å². The molecule has 0 unspecified atom stereocenters. The second-order valence-corrected chi connectivity index (χ2v) is 4.93. The Kier molecular flexibility index (Phi) is 4.02. The van der Waals surface area contributed by atoms with E-state index in [4.69, 9.17) is 0 Å². The first kappa shape index (κ1) is 13.4. The lowest BCUT2D eigenvalue weighted by atomic mass is 10.3. The Morgan fingerprint density at radius 3 is 2.53 bits per heavy atom. The van der Waals surface area contributed by atoms with Gasteiger partial charge in [-0.15, -0.1) is 0 Å². The van der Waals surface area contributed by atoms with Crippen LogP contribution in [0, 0.1) is 10.1 Å². The van der Waals surface area contributed by atoms with Crippen molar-refractivity contribution in [3.63, 3.8) is 0 Å². The molecule has 0 heterocycles. The first-order valence-corrected chi connectivity index (χ1v) is 6.36. The average Bonchev–Trinajstić information content (AvgIpc) is 2.28. The van der Waals surface area contributed by atoms with E-state index in [2.05, 4.69) is 10.0 Å². The van der Waals surface area contributed by atoms with Crippen molar-refractivity contribution in [2.24, 2.45) is 0 Å². The van der Waals surface area contributed by atoms with Gasteiger partial charge in [-0.3, -0.25) is 10.1 Å². The minimum Gasteiger partial charge on any atom is -0.388 e. The number of anilines is 1. The normalized spacial score (nSPS) is 11.2. The average molecular weight is 259 g/mol. The van der Waals surface area contributed by atoms with Crippen molar-refractivity contribution in [2.45, 2.75) is 11.8 Å². The molecule has 0 aliphatic rings. The van der Waals surface area contributed by atoms with Crippen LogP contribution >= 0.6 is 0 Å². The fraction of sp³-hybridized carbons (Fsp3) is 0.333. The van der Waals surface area contributed by atoms with Crippen LogP contribution in [-0.2, 0) is 10.0 Å². The van der Waals surface area contributed by atoms with E-state index in [1.54, 1.807) is 14.0 Å². The predicted octanol–water partition coefficient (Wildman–Crippen LogP) is 0.935. The standard InChI is InChI=1S/C9H13N3O4S/c1-3-11-17(15,16)9-6-7(10-2)4-5-8(9)12(13)14/h4-6,10-11H,3H2,1-2H3. The maximum atomic E-state index is 11.8. The van der Waals surface area contributed by atoms with Gasteiger partial charge in [0.25, 0.3) is 5.69 Å². The van der Waals surface area contributed by atoms with Gasteiger partial charge in [-0.05, 0) is 12.1 Å². The molecule has 0 aliphatic carbocycles. The van der Waals surface area contributed by atoms with Crippen molar-refractivity contribution in [3.8, 4) is 0 Å². The Bertz CT molecular complexity index is 527. The third-order valence-corrected chi connectivity index (χ3v) is 3.64. The Labute approximate surface area is 99.0 Å². The quantitative estimate of drug-likeness (QED) is 0.605. The van der Waals surface area contributed by atoms with Crippen LogP contribution in [0.5, 0.6) is 0 Å². The van der Waals surface area contributed by atoms with Gasteiger partial charge in [0.2, 0.25) is 10.0 Å². The Morgan fingerprint density at radius 2 is 2.06 bits per heavy atom. The summed E-state index contributed by atoms with van der Waals surface area (Å²) < 4.78 is 25.8. The van der Waals surface area contributed by atoms with Crippen LogP contribution in [0.1, 0.15) is 6.92 Å². The zero-order valence-electron chi connectivity index (χ0n) is 9.43. The van der Waals surface area contributed by atoms with Gasteiger partial charge in [0.1, 0.15) is 0 Å². The zero-order valence-corrected chi connectivity index (χ0v) is 10.2. The summed E-state index contributed by atoms with van der Waals surface area (Å²) in [5, 5.41) is 13.5. The van der Waals surface area contributed by atoms with Crippen molar-refractivity contribution in [1.82, 2.24) is 4.72 Å². The molecule has 8 heteroatoms. The summed E-state index contributed by atoms with van der Waals surface area (Å²) in [7, 11) is -2.25. The highest BCUT2D eigenvalue weighted by atomic mass is 32.2. The van der Waals surface area contributed by atoms with Crippen molar-refractivity contribution in [1.29, 1.82) is 0 Å². The van der Waals surface area contributed by atoms with Gasteiger partial charge in [-0.1, -0.05) is 6.92 Å². The van der Waals surface area contributed by atoms with Crippen LogP contribution in [0.3, 0.4) is 0 Å². The van der Waals surface area contributed by atoms with Gasteiger partial charge >= 0.3 is 0 Å². The Hall–Kier alpha value is -1.67. The van der Waals surface area contributed by atoms with Crippen LogP contribution in [0.4, 0.5) is 11.4 Å². The molecule has 0 spiro atoms. The number of nitrogens with zero attached hydrogens (tertiary/aromatic N) is 1. The molecule has 0 saturated heterocycles. The number of nitrogens with one attached hydrogen (secondary N) is 2. The molecule has 0 aromatic heterocycles. The minimum atomic E-state index is -3.85. The molecule has 0 radical (unpaired) electrons. The molecular formula is C9H13N3O4S. The topological polar surface area (TPSA) is 101 Å². The summed E-state index contributed by atoms with van der Waals surface area (Å²) in [6.45, 7) is 1.77. The highest BCUT2D eigenvalue weighted by Gasteiger charge is 2.25. The first-order chi connectivity index (χ1) is 7.92. The molecule has 1 aromatic carbocycles. The predicted molar refractivity (Wildman–Crippen MR) is 63.5 cm³/mol. The van der Waals surface area contributed by atoms with E-state index in [9.17, 15) is 18.5 Å². The monoisotopic (exact) mass is 259 g/mol. The molecule has 0 bridgehead atoms. The summed E-state index contributed by atoms with van der Waals surface area (Å²) in [4.78, 5) is 9.71. The van der Waals surface area contributed by atoms with Gasteiger partial charge in [0, 0.05) is 25.3 Å². The Morgan fingerprint density at radius 1 is 1.41 bits per heavy atom. The van der Waals surface area contributed by atoms with Crippen LogP contribution < -0.4 is 10.0 Å². The van der Waals surface area contributed by atoms with E-state index in [0.717, 1.165) is 6.07 Å². The summed E-state index contributed by atoms with van der Waals surface area (Å²) in [6, 6.07) is 3.84. The summed E-state index contributed by atoms with van der Waals surface area (Å²) in [5.74, 6) is 0. The van der Waals surface area contributed by atoms with Crippen LogP contribution in [0.2, 0.25) is 0 Å². The van der Waals surface area contributed by atoms with Crippen LogP contribution in [0.25, 0.3) is 0 Å². The molecule has 94 valence electrons. The van der Waals surface area contributed by atoms with E-state index in [1.165, 1.54) is 12.1 Å². The number of nitro benzene ring substituents is 1. The molecule has 0 atom stereocenters. The van der Waals surface area contributed by atoms with E-state index < -0.39 is 20.6 Å². The minimum absolute atomic E-state index is 0.170. The lowest BCUT2D eigenvalue weighted by Gasteiger charge is -2.07. The van der Waals surface area contributed by atoms with E-state index >= 15 is 0 Å². The second kappa shape index (κ2) is 5.11. The lowest BCUT2D eigenvalue weighted by Crippen LogP contribution is -2.24. The van der Waals surface area contributed by atoms with Gasteiger partial charge < -0.3 is 5.32 Å². The molecule has 0 amide bonds. The van der Waals surface area contributed by atoms with Gasteiger partial charge in [-0.2, -0.15) is 0 Å². The molecule has 0 saturated carbocycles. The largest absolute Gasteiger partial charge is 0.388 e. The number of nitro groups is 1. The van der Waals surface area contributed by atoms with E-state index in [1.807, 2.05) is 0 Å². The maximum Gasteiger partial charge on any atom is 0.289 e. The first-order valence-electron chi connectivity index (χ1n) is 4.88. The second-order valence-electron chi connectivity index (χ2n) is 3.19. The molecule has 7 nitrogen and oxygen atoms in total. The van der Waals surface area contributed by atoms with Gasteiger partial charge in [0.15, 0.2) is 4.90 Å². The Balaban J connectivity index is 3.42. The summed E-state index contributed by atoms with van der Waals surface area (Å²) in [5.41, 5.74) is 0.0528. The van der Waals surface area contributed by atoms with Crippen molar-refractivity contribution < 1.29 is 13.3 Å². The smallest absolute Gasteiger partial charge is 0.289 e. The molecule has 1 aromatic rings. The SMILES string of the molecule is CCNS(=O)(=O)c1cc(NC)ccc1[N+](=O)[O-]. The van der Waals surface area contributed by atoms with Crippen LogP contribution in [0.15, 0.2) is 23.1 Å². The zero-order chi connectivity index (χ0) is 13.1. The molecule has 2 N–H and O–H groups in total. The van der Waals surface area contributed by atoms with Gasteiger partial charge in [0.05, 0.1) is 4.92 Å². The number of sulfonamides is 1. The number of rotatable bonds is 5. The van der Waals surface area contributed by atoms with Crippen molar-refractivity contribution in [3.05, 3.63) is 28.3 Å². The molecule has 17 heavy (non-hydrogen) atoms. The van der Waals surface area contributed by atoms with E-state index in [0.29, 0.717) is 5.69 Å². The highest BCUT2D eigenvalue weighted by molar-refractivity contribution is 7.89. The summed E-state index contributed by atoms with van der Waals surface area (Å²) >= 11 is 0. The van der Waals surface area contributed by atoms with Crippen molar-refractivity contribution >= 4 is 21.4 Å².